The first-order valence-corrected chi connectivity index (χ1v) is 10.0. The van der Waals surface area contributed by atoms with E-state index in [1.165, 1.54) is 11.3 Å². The van der Waals surface area contributed by atoms with Crippen LogP contribution in [-0.4, -0.2) is 27.4 Å². The van der Waals surface area contributed by atoms with E-state index in [1.807, 2.05) is 59.8 Å². The second-order valence-electron chi connectivity index (χ2n) is 6.32. The van der Waals surface area contributed by atoms with Gasteiger partial charge in [0.05, 0.1) is 21.5 Å². The fourth-order valence-corrected chi connectivity index (χ4v) is 3.85. The topological polar surface area (TPSA) is 58.2 Å². The van der Waals surface area contributed by atoms with Gasteiger partial charge >= 0.3 is 0 Å². The maximum atomic E-state index is 12.4. The van der Waals surface area contributed by atoms with Gasteiger partial charge in [-0.25, -0.2) is 0 Å². The highest BCUT2D eigenvalue weighted by molar-refractivity contribution is 7.18. The zero-order valence-electron chi connectivity index (χ0n) is 15.0. The van der Waals surface area contributed by atoms with E-state index in [-0.39, 0.29) is 12.3 Å². The number of ether oxygens (including phenoxy) is 1. The van der Waals surface area contributed by atoms with Crippen molar-refractivity contribution in [2.75, 3.05) is 6.54 Å². The van der Waals surface area contributed by atoms with Crippen LogP contribution in [0.5, 0.6) is 5.75 Å². The Hall–Kier alpha value is -2.83. The molecule has 0 bridgehead atoms. The van der Waals surface area contributed by atoms with E-state index in [2.05, 4.69) is 10.2 Å². The van der Waals surface area contributed by atoms with Gasteiger partial charge in [-0.2, -0.15) is 5.10 Å². The molecule has 5 nitrogen and oxygen atoms in total. The smallest absolute Gasteiger partial charge is 0.192 e. The average molecular weight is 412 g/mol. The predicted molar refractivity (Wildman–Crippen MR) is 111 cm³/mol. The summed E-state index contributed by atoms with van der Waals surface area (Å²) in [5, 5.41) is 7.39. The lowest BCUT2D eigenvalue weighted by molar-refractivity contribution is 0.0973. The van der Waals surface area contributed by atoms with Crippen molar-refractivity contribution in [2.45, 2.75) is 13.0 Å². The number of thiophene rings is 1. The molecule has 0 atom stereocenters. The Bertz CT molecular complexity index is 1020. The van der Waals surface area contributed by atoms with Crippen molar-refractivity contribution in [2.24, 2.45) is 0 Å². The number of nitrogens with one attached hydrogen (secondary N) is 1. The number of aromatic nitrogens is 2. The molecule has 0 aliphatic carbocycles. The normalized spacial score (nSPS) is 13.5. The molecular weight excluding hydrogens is 394 g/mol. The van der Waals surface area contributed by atoms with Crippen molar-refractivity contribution >= 4 is 34.3 Å². The molecule has 1 aromatic carbocycles. The molecule has 4 rings (SSSR count). The van der Waals surface area contributed by atoms with Crippen LogP contribution in [0, 0.1) is 0 Å². The van der Waals surface area contributed by atoms with Crippen LogP contribution in [0.3, 0.4) is 0 Å². The van der Waals surface area contributed by atoms with E-state index < -0.39 is 0 Å². The monoisotopic (exact) mass is 411 g/mol. The molecule has 7 heteroatoms. The lowest BCUT2D eigenvalue weighted by Gasteiger charge is -2.20. The second kappa shape index (κ2) is 8.46. The number of allylic oxidation sites excluding steroid dienone is 2. The van der Waals surface area contributed by atoms with Crippen molar-refractivity contribution in [1.82, 2.24) is 15.1 Å². The van der Waals surface area contributed by atoms with Crippen molar-refractivity contribution in [3.05, 3.63) is 87.6 Å². The number of Topliss-reactive ketones (excluding diaryl/α,β-unsaturated/α-hetero) is 1. The van der Waals surface area contributed by atoms with Crippen molar-refractivity contribution in [1.29, 1.82) is 0 Å². The van der Waals surface area contributed by atoms with Crippen LogP contribution in [0.4, 0.5) is 0 Å². The van der Waals surface area contributed by atoms with Crippen LogP contribution in [0.15, 0.2) is 67.0 Å². The van der Waals surface area contributed by atoms with E-state index >= 15 is 0 Å². The minimum absolute atomic E-state index is 0.0422. The van der Waals surface area contributed by atoms with Crippen LogP contribution >= 0.6 is 22.9 Å². The second-order valence-corrected chi connectivity index (χ2v) is 8.03. The van der Waals surface area contributed by atoms with Gasteiger partial charge in [-0.15, -0.1) is 11.3 Å². The van der Waals surface area contributed by atoms with Gasteiger partial charge in [0.25, 0.3) is 0 Å². The van der Waals surface area contributed by atoms with Gasteiger partial charge in [0, 0.05) is 12.4 Å². The number of benzene rings is 1. The molecule has 0 saturated carbocycles. The average Bonchev–Trinajstić information content (AvgIpc) is 3.37. The van der Waals surface area contributed by atoms with Crippen molar-refractivity contribution < 1.29 is 9.53 Å². The Morgan fingerprint density at radius 1 is 1.25 bits per heavy atom. The molecule has 28 heavy (non-hydrogen) atoms. The van der Waals surface area contributed by atoms with Gasteiger partial charge in [-0.05, 0) is 42.3 Å². The summed E-state index contributed by atoms with van der Waals surface area (Å²) in [7, 11) is 0. The summed E-state index contributed by atoms with van der Waals surface area (Å²) in [4.78, 5) is 15.0. The highest BCUT2D eigenvalue weighted by Crippen LogP contribution is 2.25. The van der Waals surface area contributed by atoms with Gasteiger partial charge in [0.1, 0.15) is 18.1 Å². The lowest BCUT2D eigenvalue weighted by Crippen LogP contribution is -2.21. The first-order chi connectivity index (χ1) is 13.7. The zero-order valence-corrected chi connectivity index (χ0v) is 16.5. The first-order valence-electron chi connectivity index (χ1n) is 8.81. The van der Waals surface area contributed by atoms with Crippen LogP contribution in [-0.2, 0) is 6.61 Å². The number of halogens is 1. The molecule has 142 valence electrons. The zero-order chi connectivity index (χ0) is 19.3. The highest BCUT2D eigenvalue weighted by atomic mass is 35.5. The number of rotatable bonds is 7. The Morgan fingerprint density at radius 3 is 2.89 bits per heavy atom. The molecule has 2 aromatic heterocycles. The van der Waals surface area contributed by atoms with E-state index in [0.29, 0.717) is 15.8 Å². The standard InChI is InChI=1S/C21H18ClN3O2S/c22-21-9-8-20(28-21)19(26)13-25-10-4-5-15(12-25)18-11-16(23-24-18)14-27-17-6-2-1-3-7-17/h1-4,6-12H,5,13-14H2,(H,23,24). The molecule has 1 N–H and O–H groups in total. The Balaban J connectivity index is 1.40. The minimum atomic E-state index is 0.0422. The van der Waals surface area contributed by atoms with Gasteiger partial charge < -0.3 is 9.64 Å². The maximum absolute atomic E-state index is 12.4. The summed E-state index contributed by atoms with van der Waals surface area (Å²) in [5.41, 5.74) is 2.82. The molecule has 0 fully saturated rings. The SMILES string of the molecule is O=C(CN1C=CCC(c2cc(COc3ccccc3)n[nH]2)=C1)c1ccc(Cl)s1. The quantitative estimate of drug-likeness (QED) is 0.546. The molecule has 0 unspecified atom stereocenters. The summed E-state index contributed by atoms with van der Waals surface area (Å²) in [6, 6.07) is 15.1. The molecule has 3 heterocycles. The fraction of sp³-hybridized carbons (Fsp3) is 0.143. The Kier molecular flexibility index (Phi) is 5.60. The van der Waals surface area contributed by atoms with Gasteiger partial charge in [0.2, 0.25) is 0 Å². The van der Waals surface area contributed by atoms with Gasteiger partial charge in [-0.1, -0.05) is 35.9 Å². The molecule has 1 aliphatic heterocycles. The van der Waals surface area contributed by atoms with Crippen molar-refractivity contribution in [3.63, 3.8) is 0 Å². The predicted octanol–water partition coefficient (Wildman–Crippen LogP) is 5.15. The third-order valence-electron chi connectivity index (χ3n) is 4.24. The van der Waals surface area contributed by atoms with Crippen LogP contribution in [0.2, 0.25) is 4.34 Å². The number of ketones is 1. The number of para-hydroxylation sites is 1. The summed E-state index contributed by atoms with van der Waals surface area (Å²) in [6.45, 7) is 0.667. The molecule has 0 spiro atoms. The maximum Gasteiger partial charge on any atom is 0.192 e. The molecule has 3 aromatic rings. The van der Waals surface area contributed by atoms with Crippen LogP contribution in [0.25, 0.3) is 5.57 Å². The summed E-state index contributed by atoms with van der Waals surface area (Å²) in [6.07, 6.45) is 6.70. The van der Waals surface area contributed by atoms with Gasteiger partial charge in [0.15, 0.2) is 5.78 Å². The molecule has 1 aliphatic rings. The summed E-state index contributed by atoms with van der Waals surface area (Å²) >= 11 is 7.23. The van der Waals surface area contributed by atoms with E-state index in [0.717, 1.165) is 29.1 Å². The number of carbonyl (C=O) groups excluding carboxylic acids is 1. The number of aromatic amines is 1. The Labute approximate surface area is 171 Å². The number of H-pyrrole nitrogens is 1. The molecular formula is C21H18ClN3O2S. The Morgan fingerprint density at radius 2 is 2.11 bits per heavy atom. The minimum Gasteiger partial charge on any atom is -0.487 e. The van der Waals surface area contributed by atoms with Crippen molar-refractivity contribution in [3.8, 4) is 5.75 Å². The van der Waals surface area contributed by atoms with Crippen LogP contribution < -0.4 is 4.74 Å². The number of nitrogens with zero attached hydrogens (tertiary/aromatic N) is 2. The van der Waals surface area contributed by atoms with Crippen LogP contribution in [0.1, 0.15) is 27.5 Å². The fourth-order valence-electron chi connectivity index (χ4n) is 2.87. The lowest BCUT2D eigenvalue weighted by atomic mass is 10.1. The highest BCUT2D eigenvalue weighted by Gasteiger charge is 2.15. The summed E-state index contributed by atoms with van der Waals surface area (Å²) < 4.78 is 6.36. The number of hydrogen-bond acceptors (Lipinski definition) is 5. The largest absolute Gasteiger partial charge is 0.487 e. The molecule has 0 amide bonds. The number of carbonyl (C=O) groups is 1. The van der Waals surface area contributed by atoms with E-state index in [9.17, 15) is 4.79 Å². The molecule has 0 saturated heterocycles. The third-order valence-corrected chi connectivity index (χ3v) is 5.51. The van der Waals surface area contributed by atoms with E-state index in [4.69, 9.17) is 16.3 Å². The number of hydrogen-bond donors (Lipinski definition) is 1. The third kappa shape index (κ3) is 4.52. The first kappa shape index (κ1) is 18.5. The van der Waals surface area contributed by atoms with Gasteiger partial charge in [-0.3, -0.25) is 9.89 Å². The summed E-state index contributed by atoms with van der Waals surface area (Å²) in [5.74, 6) is 0.853. The van der Waals surface area contributed by atoms with E-state index in [1.54, 1.807) is 12.1 Å². The molecule has 0 radical (unpaired) electrons.